The Morgan fingerprint density at radius 3 is 2.88 bits per heavy atom. The minimum atomic E-state index is 0.442. The molecule has 3 heteroatoms. The van der Waals surface area contributed by atoms with Crippen LogP contribution in [-0.4, -0.2) is 30.7 Å². The van der Waals surface area contributed by atoms with Crippen LogP contribution in [0, 0.1) is 0 Å². The number of benzene rings is 1. The van der Waals surface area contributed by atoms with Gasteiger partial charge in [0.25, 0.3) is 0 Å². The normalized spacial score (nSPS) is 20.1. The highest BCUT2D eigenvalue weighted by Gasteiger charge is 2.18. The van der Waals surface area contributed by atoms with Crippen molar-refractivity contribution in [1.82, 2.24) is 4.90 Å². The quantitative estimate of drug-likeness (QED) is 0.825. The van der Waals surface area contributed by atoms with Crippen LogP contribution in [0.1, 0.15) is 25.3 Å². The lowest BCUT2D eigenvalue weighted by molar-refractivity contribution is 0.0724. The average Bonchev–Trinajstić information content (AvgIpc) is 2.84. The molecule has 0 spiro atoms. The summed E-state index contributed by atoms with van der Waals surface area (Å²) in [5.41, 5.74) is 1.35. The van der Waals surface area contributed by atoms with Crippen molar-refractivity contribution in [3.63, 3.8) is 0 Å². The zero-order chi connectivity index (χ0) is 12.1. The Hall–Kier alpha value is -0.380. The van der Waals surface area contributed by atoms with Crippen molar-refractivity contribution in [3.8, 4) is 0 Å². The van der Waals surface area contributed by atoms with Crippen LogP contribution in [0.15, 0.2) is 28.7 Å². The van der Waals surface area contributed by atoms with Crippen LogP contribution in [0.5, 0.6) is 0 Å². The Balaban J connectivity index is 1.92. The fourth-order valence-electron chi connectivity index (χ4n) is 2.25. The number of halogens is 1. The number of ether oxygens (including phenoxy) is 1. The summed E-state index contributed by atoms with van der Waals surface area (Å²) in [6.07, 6.45) is 2.88. The standard InChI is InChI=1S/C14H20BrNO/c1-2-16(11-13-7-5-9-17-13)10-12-6-3-4-8-14(12)15/h3-4,6,8,13H,2,5,7,9-11H2,1H3. The molecule has 0 aromatic heterocycles. The van der Waals surface area contributed by atoms with E-state index in [1.807, 2.05) is 0 Å². The van der Waals surface area contributed by atoms with Gasteiger partial charge in [-0.1, -0.05) is 41.1 Å². The molecule has 0 aliphatic carbocycles. The van der Waals surface area contributed by atoms with Crippen LogP contribution in [0.2, 0.25) is 0 Å². The van der Waals surface area contributed by atoms with Crippen LogP contribution in [0.25, 0.3) is 0 Å². The molecule has 0 N–H and O–H groups in total. The maximum atomic E-state index is 5.70. The number of hydrogen-bond acceptors (Lipinski definition) is 2. The number of rotatable bonds is 5. The Labute approximate surface area is 112 Å². The van der Waals surface area contributed by atoms with Crippen molar-refractivity contribution in [2.45, 2.75) is 32.4 Å². The molecule has 1 aliphatic rings. The van der Waals surface area contributed by atoms with Gasteiger partial charge in [0, 0.05) is 24.2 Å². The van der Waals surface area contributed by atoms with E-state index in [0.717, 1.165) is 26.2 Å². The van der Waals surface area contributed by atoms with Crippen molar-refractivity contribution in [1.29, 1.82) is 0 Å². The van der Waals surface area contributed by atoms with Gasteiger partial charge in [-0.25, -0.2) is 0 Å². The Bertz CT molecular complexity index is 350. The second-order valence-electron chi connectivity index (χ2n) is 4.55. The summed E-state index contributed by atoms with van der Waals surface area (Å²) in [4.78, 5) is 2.45. The largest absolute Gasteiger partial charge is 0.377 e. The van der Waals surface area contributed by atoms with Crippen LogP contribution in [-0.2, 0) is 11.3 Å². The van der Waals surface area contributed by atoms with Crippen molar-refractivity contribution in [2.75, 3.05) is 19.7 Å². The maximum absolute atomic E-state index is 5.70. The van der Waals surface area contributed by atoms with Crippen molar-refractivity contribution < 1.29 is 4.74 Å². The first-order chi connectivity index (χ1) is 8.29. The molecule has 1 aromatic carbocycles. The molecule has 1 aromatic rings. The first-order valence-corrected chi connectivity index (χ1v) is 7.16. The molecule has 17 heavy (non-hydrogen) atoms. The third kappa shape index (κ3) is 3.80. The molecular formula is C14H20BrNO. The molecule has 94 valence electrons. The van der Waals surface area contributed by atoms with Crippen LogP contribution in [0.3, 0.4) is 0 Å². The van der Waals surface area contributed by atoms with Gasteiger partial charge in [-0.15, -0.1) is 0 Å². The summed E-state index contributed by atoms with van der Waals surface area (Å²) >= 11 is 3.61. The summed E-state index contributed by atoms with van der Waals surface area (Å²) in [6, 6.07) is 8.45. The Morgan fingerprint density at radius 1 is 1.41 bits per heavy atom. The molecule has 1 unspecified atom stereocenters. The molecule has 1 aliphatic heterocycles. The van der Waals surface area contributed by atoms with E-state index in [0.29, 0.717) is 6.10 Å². The topological polar surface area (TPSA) is 12.5 Å². The van der Waals surface area contributed by atoms with E-state index in [2.05, 4.69) is 52.0 Å². The first-order valence-electron chi connectivity index (χ1n) is 6.37. The van der Waals surface area contributed by atoms with Crippen molar-refractivity contribution in [2.24, 2.45) is 0 Å². The summed E-state index contributed by atoms with van der Waals surface area (Å²) < 4.78 is 6.90. The number of nitrogens with zero attached hydrogens (tertiary/aromatic N) is 1. The Morgan fingerprint density at radius 2 is 2.24 bits per heavy atom. The van der Waals surface area contributed by atoms with Crippen molar-refractivity contribution in [3.05, 3.63) is 34.3 Å². The number of likely N-dealkylation sites (N-methyl/N-ethyl adjacent to an activating group) is 1. The summed E-state index contributed by atoms with van der Waals surface area (Å²) in [5, 5.41) is 0. The third-order valence-corrected chi connectivity index (χ3v) is 4.06. The molecule has 0 radical (unpaired) electrons. The lowest BCUT2D eigenvalue weighted by Gasteiger charge is -2.24. The highest BCUT2D eigenvalue weighted by atomic mass is 79.9. The van der Waals surface area contributed by atoms with E-state index in [4.69, 9.17) is 4.74 Å². The maximum Gasteiger partial charge on any atom is 0.0702 e. The minimum absolute atomic E-state index is 0.442. The van der Waals surface area contributed by atoms with Crippen LogP contribution >= 0.6 is 15.9 Å². The molecule has 1 fully saturated rings. The third-order valence-electron chi connectivity index (χ3n) is 3.28. The first kappa shape index (κ1) is 13.1. The van der Waals surface area contributed by atoms with E-state index in [9.17, 15) is 0 Å². The summed E-state index contributed by atoms with van der Waals surface area (Å²) in [5.74, 6) is 0. The Kier molecular flexibility index (Phi) is 5.01. The van der Waals surface area contributed by atoms with E-state index in [1.54, 1.807) is 0 Å². The fraction of sp³-hybridized carbons (Fsp3) is 0.571. The van der Waals surface area contributed by atoms with Crippen LogP contribution in [0.4, 0.5) is 0 Å². The molecule has 0 bridgehead atoms. The van der Waals surface area contributed by atoms with Gasteiger partial charge < -0.3 is 4.74 Å². The molecule has 1 saturated heterocycles. The predicted octanol–water partition coefficient (Wildman–Crippen LogP) is 3.45. The molecule has 1 heterocycles. The molecule has 0 saturated carbocycles. The SMILES string of the molecule is CCN(Cc1ccccc1Br)CC1CCCO1. The highest BCUT2D eigenvalue weighted by molar-refractivity contribution is 9.10. The minimum Gasteiger partial charge on any atom is -0.377 e. The zero-order valence-corrected chi connectivity index (χ0v) is 11.9. The van der Waals surface area contributed by atoms with E-state index >= 15 is 0 Å². The summed E-state index contributed by atoms with van der Waals surface area (Å²) in [6.45, 7) is 6.28. The van der Waals surface area contributed by atoms with E-state index in [-0.39, 0.29) is 0 Å². The van der Waals surface area contributed by atoms with Crippen LogP contribution < -0.4 is 0 Å². The zero-order valence-electron chi connectivity index (χ0n) is 10.4. The monoisotopic (exact) mass is 297 g/mol. The average molecular weight is 298 g/mol. The van der Waals surface area contributed by atoms with E-state index in [1.165, 1.54) is 22.9 Å². The smallest absolute Gasteiger partial charge is 0.0702 e. The second-order valence-corrected chi connectivity index (χ2v) is 5.41. The molecular weight excluding hydrogens is 278 g/mol. The predicted molar refractivity (Wildman–Crippen MR) is 74.1 cm³/mol. The van der Waals surface area contributed by atoms with Gasteiger partial charge in [-0.2, -0.15) is 0 Å². The lowest BCUT2D eigenvalue weighted by Crippen LogP contribution is -2.31. The molecule has 0 amide bonds. The highest BCUT2D eigenvalue weighted by Crippen LogP contribution is 2.19. The van der Waals surface area contributed by atoms with Gasteiger partial charge in [0.1, 0.15) is 0 Å². The van der Waals surface area contributed by atoms with Gasteiger partial charge in [0.05, 0.1) is 6.10 Å². The second kappa shape index (κ2) is 6.53. The lowest BCUT2D eigenvalue weighted by atomic mass is 10.2. The van der Waals surface area contributed by atoms with Gasteiger partial charge >= 0.3 is 0 Å². The van der Waals surface area contributed by atoms with E-state index < -0.39 is 0 Å². The molecule has 1 atom stereocenters. The van der Waals surface area contributed by atoms with Crippen molar-refractivity contribution >= 4 is 15.9 Å². The van der Waals surface area contributed by atoms with Gasteiger partial charge in [0.15, 0.2) is 0 Å². The molecule has 2 rings (SSSR count). The van der Waals surface area contributed by atoms with Gasteiger partial charge in [0.2, 0.25) is 0 Å². The summed E-state index contributed by atoms with van der Waals surface area (Å²) in [7, 11) is 0. The van der Waals surface area contributed by atoms with Gasteiger partial charge in [-0.3, -0.25) is 4.90 Å². The fourth-order valence-corrected chi connectivity index (χ4v) is 2.66. The number of hydrogen-bond donors (Lipinski definition) is 0. The van der Waals surface area contributed by atoms with Gasteiger partial charge in [-0.05, 0) is 31.0 Å². The molecule has 2 nitrogen and oxygen atoms in total.